The Balaban J connectivity index is 1.84. The van der Waals surface area contributed by atoms with Gasteiger partial charge >= 0.3 is 0 Å². The van der Waals surface area contributed by atoms with E-state index in [0.29, 0.717) is 6.04 Å². The van der Waals surface area contributed by atoms with Crippen LogP contribution in [0.4, 0.5) is 0 Å². The minimum Gasteiger partial charge on any atom is -0.379 e. The molecule has 1 aromatic heterocycles. The van der Waals surface area contributed by atoms with Gasteiger partial charge in [-0.3, -0.25) is 4.90 Å². The summed E-state index contributed by atoms with van der Waals surface area (Å²) >= 11 is 5.48. The van der Waals surface area contributed by atoms with Gasteiger partial charge in [0.25, 0.3) is 0 Å². The quantitative estimate of drug-likeness (QED) is 0.881. The summed E-state index contributed by atoms with van der Waals surface area (Å²) in [6, 6.07) is 10.7. The lowest BCUT2D eigenvalue weighted by Crippen LogP contribution is -2.39. The van der Waals surface area contributed by atoms with Crippen molar-refractivity contribution in [2.75, 3.05) is 32.8 Å². The van der Waals surface area contributed by atoms with Gasteiger partial charge in [0, 0.05) is 31.9 Å². The molecule has 5 heteroatoms. The van der Waals surface area contributed by atoms with Gasteiger partial charge in [0.2, 0.25) is 0 Å². The van der Waals surface area contributed by atoms with Crippen LogP contribution in [0.3, 0.4) is 0 Å². The van der Waals surface area contributed by atoms with Crippen molar-refractivity contribution >= 4 is 12.2 Å². The molecule has 1 saturated heterocycles. The summed E-state index contributed by atoms with van der Waals surface area (Å²) in [6.07, 6.45) is 2.01. The Bertz CT molecular complexity index is 628. The maximum atomic E-state index is 5.48. The first-order chi connectivity index (χ1) is 10.3. The van der Waals surface area contributed by atoms with Crippen LogP contribution in [-0.4, -0.2) is 47.3 Å². The van der Waals surface area contributed by atoms with Gasteiger partial charge in [-0.1, -0.05) is 30.3 Å². The van der Waals surface area contributed by atoms with Crippen LogP contribution >= 0.6 is 12.2 Å². The largest absolute Gasteiger partial charge is 0.379 e. The summed E-state index contributed by atoms with van der Waals surface area (Å²) in [4.78, 5) is 5.63. The summed E-state index contributed by atoms with van der Waals surface area (Å²) in [5.41, 5.74) is 2.35. The van der Waals surface area contributed by atoms with E-state index in [-0.39, 0.29) is 0 Å². The molecule has 21 heavy (non-hydrogen) atoms. The van der Waals surface area contributed by atoms with E-state index in [1.807, 2.05) is 12.3 Å². The van der Waals surface area contributed by atoms with Crippen LogP contribution in [0.2, 0.25) is 0 Å². The molecular weight excluding hydrogens is 282 g/mol. The maximum Gasteiger partial charge on any atom is 0.177 e. The van der Waals surface area contributed by atoms with Crippen molar-refractivity contribution in [3.05, 3.63) is 41.3 Å². The molecule has 0 spiro atoms. The van der Waals surface area contributed by atoms with Crippen LogP contribution in [0.5, 0.6) is 0 Å². The number of hydrogen-bond acceptors (Lipinski definition) is 3. The Labute approximate surface area is 130 Å². The van der Waals surface area contributed by atoms with E-state index in [2.05, 4.69) is 45.6 Å². The molecule has 1 aromatic carbocycles. The third kappa shape index (κ3) is 3.26. The molecule has 1 atom stereocenters. The van der Waals surface area contributed by atoms with Crippen molar-refractivity contribution < 1.29 is 4.74 Å². The lowest BCUT2D eigenvalue weighted by Gasteiger charge is -2.30. The number of imidazole rings is 1. The number of morpholine rings is 1. The molecule has 1 unspecified atom stereocenters. The normalized spacial score (nSPS) is 17.8. The molecule has 1 fully saturated rings. The van der Waals surface area contributed by atoms with Crippen molar-refractivity contribution in [1.29, 1.82) is 0 Å². The standard InChI is InChI=1S/C16H21N3OS/c1-13(12-18-7-9-20-10-8-18)19-15(11-17-16(19)21)14-5-3-2-4-6-14/h2-6,11,13H,7-10,12H2,1H3,(H,17,21). The van der Waals surface area contributed by atoms with Crippen LogP contribution < -0.4 is 0 Å². The molecule has 112 valence electrons. The van der Waals surface area contributed by atoms with Gasteiger partial charge in [-0.05, 0) is 24.7 Å². The molecule has 1 N–H and O–H groups in total. The summed E-state index contributed by atoms with van der Waals surface area (Å²) < 4.78 is 8.42. The highest BCUT2D eigenvalue weighted by molar-refractivity contribution is 7.71. The number of hydrogen-bond donors (Lipinski definition) is 1. The molecule has 1 aliphatic rings. The molecule has 0 amide bonds. The fourth-order valence-electron chi connectivity index (χ4n) is 2.89. The van der Waals surface area contributed by atoms with Gasteiger partial charge in [0.05, 0.1) is 18.9 Å². The number of nitrogens with one attached hydrogen (secondary N) is 1. The highest BCUT2D eigenvalue weighted by atomic mass is 32.1. The predicted octanol–water partition coefficient (Wildman–Crippen LogP) is 3.11. The van der Waals surface area contributed by atoms with E-state index in [1.54, 1.807) is 0 Å². The van der Waals surface area contributed by atoms with Crippen LogP contribution in [0.1, 0.15) is 13.0 Å². The zero-order chi connectivity index (χ0) is 14.7. The van der Waals surface area contributed by atoms with Gasteiger partial charge in [0.1, 0.15) is 0 Å². The Hall–Kier alpha value is -1.43. The van der Waals surface area contributed by atoms with Crippen molar-refractivity contribution in [1.82, 2.24) is 14.5 Å². The minimum atomic E-state index is 0.331. The number of aromatic nitrogens is 2. The Morgan fingerprint density at radius 1 is 1.24 bits per heavy atom. The SMILES string of the molecule is CC(CN1CCOCC1)n1c(-c2ccccc2)c[nH]c1=S. The first kappa shape index (κ1) is 14.5. The number of H-pyrrole nitrogens is 1. The van der Waals surface area contributed by atoms with E-state index in [4.69, 9.17) is 17.0 Å². The molecule has 2 aromatic rings. The second kappa shape index (κ2) is 6.56. The number of benzene rings is 1. The highest BCUT2D eigenvalue weighted by Gasteiger charge is 2.17. The molecule has 0 aliphatic carbocycles. The zero-order valence-electron chi connectivity index (χ0n) is 12.3. The van der Waals surface area contributed by atoms with Crippen molar-refractivity contribution in [3.8, 4) is 11.3 Å². The third-order valence-corrected chi connectivity index (χ3v) is 4.26. The van der Waals surface area contributed by atoms with E-state index in [1.165, 1.54) is 5.56 Å². The van der Waals surface area contributed by atoms with Gasteiger partial charge in [-0.25, -0.2) is 0 Å². The van der Waals surface area contributed by atoms with Crippen LogP contribution in [0.25, 0.3) is 11.3 Å². The number of rotatable bonds is 4. The van der Waals surface area contributed by atoms with Gasteiger partial charge < -0.3 is 14.3 Å². The molecule has 0 bridgehead atoms. The van der Waals surface area contributed by atoms with E-state index >= 15 is 0 Å². The Kier molecular flexibility index (Phi) is 4.53. The topological polar surface area (TPSA) is 33.2 Å². The monoisotopic (exact) mass is 303 g/mol. The lowest BCUT2D eigenvalue weighted by atomic mass is 10.1. The van der Waals surface area contributed by atoms with E-state index < -0.39 is 0 Å². The summed E-state index contributed by atoms with van der Waals surface area (Å²) in [5, 5.41) is 0. The van der Waals surface area contributed by atoms with Crippen molar-refractivity contribution in [2.45, 2.75) is 13.0 Å². The molecule has 2 heterocycles. The molecule has 3 rings (SSSR count). The van der Waals surface area contributed by atoms with Gasteiger partial charge in [-0.15, -0.1) is 0 Å². The average molecular weight is 303 g/mol. The smallest absolute Gasteiger partial charge is 0.177 e. The predicted molar refractivity (Wildman–Crippen MR) is 87.0 cm³/mol. The lowest BCUT2D eigenvalue weighted by molar-refractivity contribution is 0.0326. The molecule has 0 saturated carbocycles. The first-order valence-corrected chi connectivity index (χ1v) is 7.82. The van der Waals surface area contributed by atoms with Crippen molar-refractivity contribution in [3.63, 3.8) is 0 Å². The fraction of sp³-hybridized carbons (Fsp3) is 0.438. The molecule has 0 radical (unpaired) electrons. The second-order valence-corrected chi connectivity index (χ2v) is 5.86. The fourth-order valence-corrected chi connectivity index (χ4v) is 3.22. The highest BCUT2D eigenvalue weighted by Crippen LogP contribution is 2.23. The zero-order valence-corrected chi connectivity index (χ0v) is 13.1. The van der Waals surface area contributed by atoms with Gasteiger partial charge in [0.15, 0.2) is 4.77 Å². The van der Waals surface area contributed by atoms with Crippen LogP contribution in [0.15, 0.2) is 36.5 Å². The van der Waals surface area contributed by atoms with Crippen molar-refractivity contribution in [2.24, 2.45) is 0 Å². The van der Waals surface area contributed by atoms with Crippen LogP contribution in [0, 0.1) is 4.77 Å². The Morgan fingerprint density at radius 3 is 2.67 bits per heavy atom. The number of aromatic amines is 1. The summed E-state index contributed by atoms with van der Waals surface area (Å²) in [7, 11) is 0. The number of nitrogens with zero attached hydrogens (tertiary/aromatic N) is 2. The average Bonchev–Trinajstić information content (AvgIpc) is 2.91. The second-order valence-electron chi connectivity index (χ2n) is 5.48. The van der Waals surface area contributed by atoms with E-state index in [9.17, 15) is 0 Å². The summed E-state index contributed by atoms with van der Waals surface area (Å²) in [6.45, 7) is 6.89. The molecule has 1 aliphatic heterocycles. The van der Waals surface area contributed by atoms with Gasteiger partial charge in [-0.2, -0.15) is 0 Å². The minimum absolute atomic E-state index is 0.331. The number of ether oxygens (including phenoxy) is 1. The first-order valence-electron chi connectivity index (χ1n) is 7.41. The third-order valence-electron chi connectivity index (χ3n) is 3.95. The molecular formula is C16H21N3OS. The maximum absolute atomic E-state index is 5.48. The summed E-state index contributed by atoms with van der Waals surface area (Å²) in [5.74, 6) is 0. The molecule has 4 nitrogen and oxygen atoms in total. The van der Waals surface area contributed by atoms with Crippen LogP contribution in [-0.2, 0) is 4.74 Å². The van der Waals surface area contributed by atoms with E-state index in [0.717, 1.165) is 43.3 Å². The Morgan fingerprint density at radius 2 is 1.95 bits per heavy atom.